The van der Waals surface area contributed by atoms with E-state index in [1.165, 1.54) is 19.1 Å². The van der Waals surface area contributed by atoms with Crippen LogP contribution < -0.4 is 5.32 Å². The molecule has 3 rings (SSSR count). The van der Waals surface area contributed by atoms with Crippen molar-refractivity contribution >= 4 is 29.0 Å². The molecule has 0 bridgehead atoms. The lowest BCUT2D eigenvalue weighted by molar-refractivity contribution is 0.0601. The van der Waals surface area contributed by atoms with E-state index in [0.29, 0.717) is 10.7 Å². The average molecular weight is 355 g/mol. The first-order valence-corrected chi connectivity index (χ1v) is 8.76. The van der Waals surface area contributed by atoms with Crippen LogP contribution in [0.4, 0.5) is 5.69 Å². The monoisotopic (exact) mass is 355 g/mol. The molecule has 1 aromatic heterocycles. The van der Waals surface area contributed by atoms with Crippen LogP contribution in [0.5, 0.6) is 0 Å². The maximum absolute atomic E-state index is 11.5. The molecule has 6 heteroatoms. The lowest BCUT2D eigenvalue weighted by Gasteiger charge is -2.37. The third-order valence-electron chi connectivity index (χ3n) is 4.39. The fraction of sp³-hybridized carbons (Fsp3) is 0.316. The number of aromatic nitrogens is 1. The summed E-state index contributed by atoms with van der Waals surface area (Å²) in [6.45, 7) is 0.922. The van der Waals surface area contributed by atoms with Crippen molar-refractivity contribution in [2.75, 3.05) is 19.0 Å². The highest BCUT2D eigenvalue weighted by Crippen LogP contribution is 2.31. The SMILES string of the molecule is COC(=O)c1ccc(NC(=S)N2CCCC[C@@H]2c2cccnc2)cc1. The number of rotatable bonds is 3. The highest BCUT2D eigenvalue weighted by atomic mass is 32.1. The Bertz CT molecular complexity index is 734. The van der Waals surface area contributed by atoms with Crippen LogP contribution in [0.25, 0.3) is 0 Å². The number of nitrogens with one attached hydrogen (secondary N) is 1. The molecular weight excluding hydrogens is 334 g/mol. The van der Waals surface area contributed by atoms with Crippen LogP contribution >= 0.6 is 12.2 Å². The number of thiocarbonyl (C=S) groups is 1. The summed E-state index contributed by atoms with van der Waals surface area (Å²) in [6.07, 6.45) is 7.08. The van der Waals surface area contributed by atoms with Gasteiger partial charge in [-0.15, -0.1) is 0 Å². The molecule has 1 fully saturated rings. The number of likely N-dealkylation sites (tertiary alicyclic amines) is 1. The molecule has 1 atom stereocenters. The number of carbonyl (C=O) groups is 1. The first-order chi connectivity index (χ1) is 12.2. The van der Waals surface area contributed by atoms with Gasteiger partial charge in [0, 0.05) is 24.6 Å². The van der Waals surface area contributed by atoms with E-state index in [9.17, 15) is 4.79 Å². The van der Waals surface area contributed by atoms with Gasteiger partial charge in [0.05, 0.1) is 18.7 Å². The lowest BCUT2D eigenvalue weighted by Crippen LogP contribution is -2.41. The van der Waals surface area contributed by atoms with Crippen LogP contribution in [0.2, 0.25) is 0 Å². The Balaban J connectivity index is 1.71. The molecular formula is C19H21N3O2S. The summed E-state index contributed by atoms with van der Waals surface area (Å²) in [4.78, 5) is 18.0. The van der Waals surface area contributed by atoms with Gasteiger partial charge in [-0.3, -0.25) is 4.98 Å². The van der Waals surface area contributed by atoms with Crippen LogP contribution in [-0.2, 0) is 4.74 Å². The second-order valence-corrected chi connectivity index (χ2v) is 6.38. The number of ether oxygens (including phenoxy) is 1. The fourth-order valence-corrected chi connectivity index (χ4v) is 3.43. The van der Waals surface area contributed by atoms with Gasteiger partial charge in [-0.2, -0.15) is 0 Å². The number of pyridine rings is 1. The Labute approximate surface area is 153 Å². The predicted octanol–water partition coefficient (Wildman–Crippen LogP) is 3.79. The van der Waals surface area contributed by atoms with E-state index in [1.807, 2.05) is 24.4 Å². The molecule has 0 saturated carbocycles. The normalized spacial score (nSPS) is 17.0. The van der Waals surface area contributed by atoms with E-state index in [-0.39, 0.29) is 12.0 Å². The van der Waals surface area contributed by atoms with Gasteiger partial charge >= 0.3 is 5.97 Å². The number of carbonyl (C=O) groups excluding carboxylic acids is 1. The van der Waals surface area contributed by atoms with Crippen molar-refractivity contribution < 1.29 is 9.53 Å². The van der Waals surface area contributed by atoms with Gasteiger partial charge < -0.3 is 15.0 Å². The minimum atomic E-state index is -0.346. The highest BCUT2D eigenvalue weighted by Gasteiger charge is 2.26. The number of piperidine rings is 1. The molecule has 1 aliphatic heterocycles. The van der Waals surface area contributed by atoms with E-state index < -0.39 is 0 Å². The highest BCUT2D eigenvalue weighted by molar-refractivity contribution is 7.80. The van der Waals surface area contributed by atoms with Crippen molar-refractivity contribution in [3.05, 3.63) is 59.9 Å². The zero-order valence-electron chi connectivity index (χ0n) is 14.1. The summed E-state index contributed by atoms with van der Waals surface area (Å²) in [5.74, 6) is -0.346. The molecule has 2 heterocycles. The second kappa shape index (κ2) is 8.07. The van der Waals surface area contributed by atoms with Gasteiger partial charge in [0.25, 0.3) is 0 Å². The third-order valence-corrected chi connectivity index (χ3v) is 4.73. The molecule has 0 unspecified atom stereocenters. The Morgan fingerprint density at radius 3 is 2.76 bits per heavy atom. The smallest absolute Gasteiger partial charge is 0.337 e. The average Bonchev–Trinajstić information content (AvgIpc) is 2.68. The number of nitrogens with zero attached hydrogens (tertiary/aromatic N) is 2. The standard InChI is InChI=1S/C19H21N3O2S/c1-24-18(23)14-7-9-16(10-8-14)21-19(25)22-12-3-2-6-17(22)15-5-4-11-20-13-15/h4-5,7-11,13,17H,2-3,6,12H2,1H3,(H,21,25)/t17-/m1/s1. The van der Waals surface area contributed by atoms with E-state index in [2.05, 4.69) is 21.3 Å². The molecule has 0 aliphatic carbocycles. The Hall–Kier alpha value is -2.47. The molecule has 1 N–H and O–H groups in total. The quantitative estimate of drug-likeness (QED) is 0.668. The lowest BCUT2D eigenvalue weighted by atomic mass is 9.97. The Morgan fingerprint density at radius 1 is 1.28 bits per heavy atom. The topological polar surface area (TPSA) is 54.5 Å². The third kappa shape index (κ3) is 4.14. The number of methoxy groups -OCH3 is 1. The van der Waals surface area contributed by atoms with Crippen LogP contribution in [0, 0.1) is 0 Å². The summed E-state index contributed by atoms with van der Waals surface area (Å²) in [6, 6.07) is 11.4. The second-order valence-electron chi connectivity index (χ2n) is 5.99. The van der Waals surface area contributed by atoms with Gasteiger partial charge in [0.2, 0.25) is 0 Å². The van der Waals surface area contributed by atoms with E-state index >= 15 is 0 Å². The van der Waals surface area contributed by atoms with E-state index in [0.717, 1.165) is 25.1 Å². The van der Waals surface area contributed by atoms with Gasteiger partial charge in [0.1, 0.15) is 0 Å². The largest absolute Gasteiger partial charge is 0.465 e. The molecule has 1 saturated heterocycles. The molecule has 1 aliphatic rings. The minimum absolute atomic E-state index is 0.247. The van der Waals surface area contributed by atoms with Gasteiger partial charge in [-0.05, 0) is 67.4 Å². The van der Waals surface area contributed by atoms with Gasteiger partial charge in [0.15, 0.2) is 5.11 Å². The molecule has 2 aromatic rings. The predicted molar refractivity (Wildman–Crippen MR) is 102 cm³/mol. The molecule has 0 radical (unpaired) electrons. The molecule has 5 nitrogen and oxygen atoms in total. The molecule has 1 aromatic carbocycles. The summed E-state index contributed by atoms with van der Waals surface area (Å²) in [5, 5.41) is 3.97. The molecule has 0 amide bonds. The maximum atomic E-state index is 11.5. The van der Waals surface area contributed by atoms with Gasteiger partial charge in [-0.25, -0.2) is 4.79 Å². The summed E-state index contributed by atoms with van der Waals surface area (Å²) in [7, 11) is 1.37. The summed E-state index contributed by atoms with van der Waals surface area (Å²) < 4.78 is 4.72. The van der Waals surface area contributed by atoms with Crippen molar-refractivity contribution in [3.8, 4) is 0 Å². The Morgan fingerprint density at radius 2 is 2.08 bits per heavy atom. The van der Waals surface area contributed by atoms with E-state index in [1.54, 1.807) is 18.3 Å². The Kier molecular flexibility index (Phi) is 5.60. The maximum Gasteiger partial charge on any atom is 0.337 e. The first-order valence-electron chi connectivity index (χ1n) is 8.35. The van der Waals surface area contributed by atoms with Crippen LogP contribution in [0.15, 0.2) is 48.8 Å². The molecule has 25 heavy (non-hydrogen) atoms. The number of anilines is 1. The fourth-order valence-electron chi connectivity index (χ4n) is 3.10. The molecule has 0 spiro atoms. The summed E-state index contributed by atoms with van der Waals surface area (Å²) in [5.41, 5.74) is 2.56. The van der Waals surface area contributed by atoms with Gasteiger partial charge in [-0.1, -0.05) is 6.07 Å². The van der Waals surface area contributed by atoms with Crippen molar-refractivity contribution in [2.24, 2.45) is 0 Å². The van der Waals surface area contributed by atoms with Crippen molar-refractivity contribution in [1.82, 2.24) is 9.88 Å². The molecule has 130 valence electrons. The summed E-state index contributed by atoms with van der Waals surface area (Å²) >= 11 is 5.64. The van der Waals surface area contributed by atoms with Crippen molar-refractivity contribution in [3.63, 3.8) is 0 Å². The number of hydrogen-bond donors (Lipinski definition) is 1. The number of benzene rings is 1. The number of esters is 1. The van der Waals surface area contributed by atoms with Crippen LogP contribution in [0.3, 0.4) is 0 Å². The van der Waals surface area contributed by atoms with Crippen LogP contribution in [0.1, 0.15) is 41.2 Å². The minimum Gasteiger partial charge on any atom is -0.465 e. The van der Waals surface area contributed by atoms with Crippen molar-refractivity contribution in [1.29, 1.82) is 0 Å². The van der Waals surface area contributed by atoms with Crippen LogP contribution in [-0.4, -0.2) is 34.6 Å². The number of hydrogen-bond acceptors (Lipinski definition) is 4. The first kappa shape index (κ1) is 17.4. The zero-order chi connectivity index (χ0) is 17.6. The van der Waals surface area contributed by atoms with Crippen molar-refractivity contribution in [2.45, 2.75) is 25.3 Å². The zero-order valence-corrected chi connectivity index (χ0v) is 15.0. The van der Waals surface area contributed by atoms with E-state index in [4.69, 9.17) is 17.0 Å².